The molecule has 4 rings (SSSR count). The molecule has 0 atom stereocenters. The van der Waals surface area contributed by atoms with E-state index in [1.807, 2.05) is 54.6 Å². The average Bonchev–Trinajstić information content (AvgIpc) is 2.86. The first-order chi connectivity index (χ1) is 12.7. The molecule has 26 heavy (non-hydrogen) atoms. The highest BCUT2D eigenvalue weighted by Gasteiger charge is 2.17. The second-order valence-electron chi connectivity index (χ2n) is 5.97. The molecule has 0 radical (unpaired) electrons. The molecule has 3 heteroatoms. The quantitative estimate of drug-likeness (QED) is 0.517. The molecule has 0 fully saturated rings. The zero-order valence-electron chi connectivity index (χ0n) is 13.9. The van der Waals surface area contributed by atoms with Gasteiger partial charge in [0.25, 0.3) is 0 Å². The number of hydrogen-bond acceptors (Lipinski definition) is 3. The summed E-state index contributed by atoms with van der Waals surface area (Å²) < 4.78 is 0. The third-order valence-electron chi connectivity index (χ3n) is 4.27. The molecule has 0 aliphatic rings. The van der Waals surface area contributed by atoms with Gasteiger partial charge < -0.3 is 0 Å². The van der Waals surface area contributed by atoms with E-state index in [1.54, 1.807) is 36.4 Å². The summed E-state index contributed by atoms with van der Waals surface area (Å²) >= 11 is 0. The van der Waals surface area contributed by atoms with Crippen LogP contribution in [0.15, 0.2) is 95.8 Å². The number of ketones is 1. The minimum absolute atomic E-state index is 0.0590. The summed E-state index contributed by atoms with van der Waals surface area (Å²) in [6.45, 7) is 0. The normalized spacial score (nSPS) is 10.6. The Hall–Kier alpha value is -3.59. The molecular weight excluding hydrogens is 322 g/mol. The van der Waals surface area contributed by atoms with E-state index in [0.717, 1.165) is 10.9 Å². The van der Waals surface area contributed by atoms with Gasteiger partial charge in [-0.3, -0.25) is 9.59 Å². The molecule has 0 N–H and O–H groups in total. The van der Waals surface area contributed by atoms with Crippen LogP contribution in [0.2, 0.25) is 0 Å². The van der Waals surface area contributed by atoms with Crippen molar-refractivity contribution in [3.8, 4) is 11.3 Å². The maximum atomic E-state index is 13.0. The van der Waals surface area contributed by atoms with Crippen LogP contribution < -0.4 is 5.43 Å². The summed E-state index contributed by atoms with van der Waals surface area (Å²) in [6.07, 6.45) is 0. The largest absolute Gasteiger partial charge is 0.287 e. The van der Waals surface area contributed by atoms with Crippen molar-refractivity contribution in [1.29, 1.82) is 0 Å². The van der Waals surface area contributed by atoms with Crippen LogP contribution in [0.3, 0.4) is 0 Å². The monoisotopic (exact) mass is 337 g/mol. The van der Waals surface area contributed by atoms with E-state index < -0.39 is 0 Å². The first-order valence-electron chi connectivity index (χ1n) is 8.33. The molecule has 1 aromatic heterocycles. The van der Waals surface area contributed by atoms with Gasteiger partial charge in [0.15, 0.2) is 5.69 Å². The number of aromatic nitrogens is 1. The standard InChI is InChI=1S/C23H15NO2/c25-22(17-11-5-2-6-12-17)21-23(26)19-14-8-7-13-18(19)15-20(24-21)16-9-3-1-4-10-16/h1-15H. The molecule has 0 unspecified atom stereocenters. The molecule has 0 saturated heterocycles. The summed E-state index contributed by atoms with van der Waals surface area (Å²) in [7, 11) is 0. The van der Waals surface area contributed by atoms with Gasteiger partial charge in [-0.2, -0.15) is 0 Å². The molecule has 0 amide bonds. The van der Waals surface area contributed by atoms with Crippen LogP contribution in [-0.2, 0) is 0 Å². The fourth-order valence-corrected chi connectivity index (χ4v) is 2.94. The summed E-state index contributed by atoms with van der Waals surface area (Å²) in [5.41, 5.74) is 1.50. The lowest BCUT2D eigenvalue weighted by atomic mass is 10.1. The summed E-state index contributed by atoms with van der Waals surface area (Å²) in [5, 5.41) is 1.25. The minimum atomic E-state index is -0.367. The number of rotatable bonds is 3. The number of carbonyl (C=O) groups is 1. The van der Waals surface area contributed by atoms with Gasteiger partial charge in [-0.05, 0) is 11.5 Å². The van der Waals surface area contributed by atoms with Crippen molar-refractivity contribution in [2.45, 2.75) is 0 Å². The van der Waals surface area contributed by atoms with E-state index in [4.69, 9.17) is 0 Å². The van der Waals surface area contributed by atoms with Crippen LogP contribution in [0.5, 0.6) is 0 Å². The van der Waals surface area contributed by atoms with E-state index in [2.05, 4.69) is 4.98 Å². The summed E-state index contributed by atoms with van der Waals surface area (Å²) in [4.78, 5) is 30.5. The van der Waals surface area contributed by atoms with Gasteiger partial charge in [-0.15, -0.1) is 0 Å². The number of hydrogen-bond donors (Lipinski definition) is 0. The topological polar surface area (TPSA) is 47.0 Å². The number of carbonyl (C=O) groups excluding carboxylic acids is 1. The van der Waals surface area contributed by atoms with Crippen molar-refractivity contribution >= 4 is 16.6 Å². The number of fused-ring (bicyclic) bond motifs is 1. The Kier molecular flexibility index (Phi) is 4.12. The van der Waals surface area contributed by atoms with E-state index in [9.17, 15) is 9.59 Å². The maximum absolute atomic E-state index is 13.0. The maximum Gasteiger partial charge on any atom is 0.216 e. The lowest BCUT2D eigenvalue weighted by molar-refractivity contribution is 0.103. The summed E-state index contributed by atoms with van der Waals surface area (Å²) in [6, 6.07) is 27.4. The van der Waals surface area contributed by atoms with E-state index in [1.165, 1.54) is 0 Å². The molecule has 0 bridgehead atoms. The molecule has 0 aliphatic heterocycles. The third kappa shape index (κ3) is 2.91. The Morgan fingerprint density at radius 1 is 0.731 bits per heavy atom. The minimum Gasteiger partial charge on any atom is -0.287 e. The summed E-state index contributed by atoms with van der Waals surface area (Å²) in [5.74, 6) is -0.367. The molecule has 1 heterocycles. The van der Waals surface area contributed by atoms with Crippen LogP contribution in [0, 0.1) is 0 Å². The molecule has 0 spiro atoms. The molecule has 3 nitrogen and oxygen atoms in total. The molecule has 3 aromatic carbocycles. The molecule has 4 aromatic rings. The van der Waals surface area contributed by atoms with Crippen molar-refractivity contribution in [3.63, 3.8) is 0 Å². The predicted octanol–water partition coefficient (Wildman–Crippen LogP) is 4.49. The Labute approximate surface area is 150 Å². The second-order valence-corrected chi connectivity index (χ2v) is 5.97. The Bertz CT molecular complexity index is 1150. The van der Waals surface area contributed by atoms with Gasteiger partial charge in [0.2, 0.25) is 11.2 Å². The Balaban J connectivity index is 2.05. The molecule has 124 valence electrons. The highest BCUT2D eigenvalue weighted by atomic mass is 16.1. The van der Waals surface area contributed by atoms with Crippen LogP contribution in [0.4, 0.5) is 0 Å². The van der Waals surface area contributed by atoms with E-state index in [0.29, 0.717) is 16.6 Å². The van der Waals surface area contributed by atoms with Gasteiger partial charge in [0.05, 0.1) is 5.69 Å². The van der Waals surface area contributed by atoms with Gasteiger partial charge in [-0.1, -0.05) is 84.9 Å². The van der Waals surface area contributed by atoms with Crippen LogP contribution >= 0.6 is 0 Å². The van der Waals surface area contributed by atoms with E-state index in [-0.39, 0.29) is 16.9 Å². The van der Waals surface area contributed by atoms with Gasteiger partial charge >= 0.3 is 0 Å². The van der Waals surface area contributed by atoms with Crippen LogP contribution in [-0.4, -0.2) is 10.8 Å². The van der Waals surface area contributed by atoms with Gasteiger partial charge in [0.1, 0.15) is 0 Å². The fourth-order valence-electron chi connectivity index (χ4n) is 2.94. The van der Waals surface area contributed by atoms with Crippen LogP contribution in [0.1, 0.15) is 16.1 Å². The van der Waals surface area contributed by atoms with Gasteiger partial charge in [-0.25, -0.2) is 4.98 Å². The SMILES string of the molecule is O=C(c1ccccc1)c1nc(-c2ccccc2)cc2ccccc2c1=O. The van der Waals surface area contributed by atoms with Crippen molar-refractivity contribution in [3.05, 3.63) is 112 Å². The molecular formula is C23H15NO2. The van der Waals surface area contributed by atoms with Crippen molar-refractivity contribution in [2.75, 3.05) is 0 Å². The molecule has 0 aliphatic carbocycles. The highest BCUT2D eigenvalue weighted by molar-refractivity contribution is 6.09. The Morgan fingerprint density at radius 3 is 2.08 bits per heavy atom. The second kappa shape index (κ2) is 6.73. The zero-order valence-corrected chi connectivity index (χ0v) is 13.9. The third-order valence-corrected chi connectivity index (χ3v) is 4.27. The van der Waals surface area contributed by atoms with E-state index >= 15 is 0 Å². The lowest BCUT2D eigenvalue weighted by Crippen LogP contribution is -2.16. The highest BCUT2D eigenvalue weighted by Crippen LogP contribution is 2.20. The van der Waals surface area contributed by atoms with Crippen LogP contribution in [0.25, 0.3) is 22.0 Å². The smallest absolute Gasteiger partial charge is 0.216 e. The first-order valence-corrected chi connectivity index (χ1v) is 8.33. The van der Waals surface area contributed by atoms with Gasteiger partial charge in [0, 0.05) is 16.5 Å². The van der Waals surface area contributed by atoms with Crippen molar-refractivity contribution in [1.82, 2.24) is 4.98 Å². The first kappa shape index (κ1) is 15.9. The predicted molar refractivity (Wildman–Crippen MR) is 103 cm³/mol. The zero-order chi connectivity index (χ0) is 17.9. The van der Waals surface area contributed by atoms with Crippen molar-refractivity contribution in [2.24, 2.45) is 0 Å². The fraction of sp³-hybridized carbons (Fsp3) is 0. The van der Waals surface area contributed by atoms with Crippen molar-refractivity contribution < 1.29 is 4.79 Å². The lowest BCUT2D eigenvalue weighted by Gasteiger charge is -2.00. The molecule has 0 saturated carbocycles. The average molecular weight is 337 g/mol. The Morgan fingerprint density at radius 2 is 1.35 bits per heavy atom. The number of nitrogens with zero attached hydrogens (tertiary/aromatic N) is 1. The number of benzene rings is 3.